The Balaban J connectivity index is 1.77. The monoisotopic (exact) mass is 253 g/mol. The van der Waals surface area contributed by atoms with E-state index in [1.54, 1.807) is 12.1 Å². The van der Waals surface area contributed by atoms with Crippen molar-refractivity contribution in [2.45, 2.75) is 38.3 Å². The molecule has 0 bridgehead atoms. The average Bonchev–Trinajstić information content (AvgIpc) is 2.37. The van der Waals surface area contributed by atoms with Gasteiger partial charge in [0, 0.05) is 12.1 Å². The topological polar surface area (TPSA) is 52.5 Å². The van der Waals surface area contributed by atoms with Crippen LogP contribution < -0.4 is 5.32 Å². The number of aliphatic hydroxyl groups excluding tert-OH is 1. The predicted octanol–water partition coefficient (Wildman–Crippen LogP) is 2.17. The summed E-state index contributed by atoms with van der Waals surface area (Å²) in [5, 5.41) is 22.2. The van der Waals surface area contributed by atoms with Crippen molar-refractivity contribution in [1.82, 2.24) is 5.32 Å². The maximum Gasteiger partial charge on any atom is 0.165 e. The van der Waals surface area contributed by atoms with Gasteiger partial charge in [-0.25, -0.2) is 4.39 Å². The Labute approximate surface area is 107 Å². The van der Waals surface area contributed by atoms with Gasteiger partial charge >= 0.3 is 0 Å². The summed E-state index contributed by atoms with van der Waals surface area (Å²) >= 11 is 0. The molecule has 0 atom stereocenters. The largest absolute Gasteiger partial charge is 0.505 e. The number of aliphatic hydroxyl groups is 1. The number of benzene rings is 1. The molecule has 0 radical (unpaired) electrons. The van der Waals surface area contributed by atoms with Gasteiger partial charge in [0.1, 0.15) is 0 Å². The Morgan fingerprint density at radius 3 is 2.67 bits per heavy atom. The van der Waals surface area contributed by atoms with Gasteiger partial charge < -0.3 is 15.5 Å². The van der Waals surface area contributed by atoms with Crippen LogP contribution in [-0.4, -0.2) is 22.9 Å². The van der Waals surface area contributed by atoms with Crippen molar-refractivity contribution in [1.29, 1.82) is 0 Å². The van der Waals surface area contributed by atoms with Crippen LogP contribution in [0.4, 0.5) is 4.39 Å². The summed E-state index contributed by atoms with van der Waals surface area (Å²) in [5.74, 6) is -0.261. The van der Waals surface area contributed by atoms with E-state index in [1.165, 1.54) is 6.07 Å². The minimum absolute atomic E-state index is 0.131. The summed E-state index contributed by atoms with van der Waals surface area (Å²) in [5.41, 5.74) is 0.589. The van der Waals surface area contributed by atoms with E-state index >= 15 is 0 Å². The van der Waals surface area contributed by atoms with E-state index in [2.05, 4.69) is 5.32 Å². The van der Waals surface area contributed by atoms with Crippen molar-refractivity contribution in [3.05, 3.63) is 29.6 Å². The van der Waals surface area contributed by atoms with Crippen LogP contribution in [0.3, 0.4) is 0 Å². The molecular weight excluding hydrogens is 233 g/mol. The molecule has 0 aromatic heterocycles. The summed E-state index contributed by atoms with van der Waals surface area (Å²) in [6.45, 7) is 1.32. The Hall–Kier alpha value is -1.13. The lowest BCUT2D eigenvalue weighted by Crippen LogP contribution is -2.27. The molecule has 0 aliphatic heterocycles. The fourth-order valence-electron chi connectivity index (χ4n) is 2.46. The lowest BCUT2D eigenvalue weighted by Gasteiger charge is -2.25. The summed E-state index contributed by atoms with van der Waals surface area (Å²) in [6.07, 6.45) is 3.68. The van der Waals surface area contributed by atoms with Crippen LogP contribution in [0.1, 0.15) is 31.2 Å². The summed E-state index contributed by atoms with van der Waals surface area (Å²) < 4.78 is 13.1. The first-order chi connectivity index (χ1) is 8.66. The molecule has 1 aliphatic rings. The first kappa shape index (κ1) is 13.3. The van der Waals surface area contributed by atoms with Crippen molar-refractivity contribution in [2.24, 2.45) is 5.92 Å². The van der Waals surface area contributed by atoms with E-state index in [0.29, 0.717) is 18.0 Å². The number of hydrogen-bond donors (Lipinski definition) is 3. The molecule has 100 valence electrons. The average molecular weight is 253 g/mol. The maximum absolute atomic E-state index is 13.1. The Kier molecular flexibility index (Phi) is 4.55. The number of nitrogens with one attached hydrogen (secondary N) is 1. The molecule has 2 rings (SSSR count). The molecule has 1 aromatic rings. The third kappa shape index (κ3) is 3.43. The van der Waals surface area contributed by atoms with Crippen molar-refractivity contribution in [2.75, 3.05) is 6.54 Å². The van der Waals surface area contributed by atoms with Crippen LogP contribution in [0, 0.1) is 11.7 Å². The van der Waals surface area contributed by atoms with Gasteiger partial charge in [-0.1, -0.05) is 12.1 Å². The number of aromatic hydroxyl groups is 1. The Morgan fingerprint density at radius 1 is 1.22 bits per heavy atom. The van der Waals surface area contributed by atoms with E-state index in [4.69, 9.17) is 0 Å². The highest BCUT2D eigenvalue weighted by molar-refractivity contribution is 5.33. The van der Waals surface area contributed by atoms with E-state index in [9.17, 15) is 14.6 Å². The van der Waals surface area contributed by atoms with Gasteiger partial charge in [-0.05, 0) is 44.2 Å². The third-order valence-electron chi connectivity index (χ3n) is 3.64. The molecule has 0 unspecified atom stereocenters. The van der Waals surface area contributed by atoms with Gasteiger partial charge in [0.15, 0.2) is 11.6 Å². The fourth-order valence-corrected chi connectivity index (χ4v) is 2.46. The van der Waals surface area contributed by atoms with Crippen LogP contribution in [0.2, 0.25) is 0 Å². The molecule has 18 heavy (non-hydrogen) atoms. The smallest absolute Gasteiger partial charge is 0.165 e. The second kappa shape index (κ2) is 6.16. The standard InChI is InChI=1S/C14H20FNO2/c15-13-3-1-2-11(14(13)18)9-16-8-10-4-6-12(17)7-5-10/h1-3,10,12,16-18H,4-9H2. The van der Waals surface area contributed by atoms with Gasteiger partial charge in [-0.3, -0.25) is 0 Å². The molecule has 1 aliphatic carbocycles. The lowest BCUT2D eigenvalue weighted by atomic mass is 9.87. The molecule has 0 amide bonds. The van der Waals surface area contributed by atoms with E-state index < -0.39 is 5.82 Å². The van der Waals surface area contributed by atoms with E-state index in [0.717, 1.165) is 32.2 Å². The number of halogens is 1. The number of phenolic OH excluding ortho intramolecular Hbond substituents is 1. The van der Waals surface area contributed by atoms with Crippen LogP contribution in [0.15, 0.2) is 18.2 Å². The van der Waals surface area contributed by atoms with Crippen molar-refractivity contribution in [3.8, 4) is 5.75 Å². The molecule has 1 saturated carbocycles. The van der Waals surface area contributed by atoms with Gasteiger partial charge in [-0.15, -0.1) is 0 Å². The Bertz CT molecular complexity index is 389. The maximum atomic E-state index is 13.1. The molecular formula is C14H20FNO2. The van der Waals surface area contributed by atoms with Gasteiger partial charge in [0.05, 0.1) is 6.10 Å². The summed E-state index contributed by atoms with van der Waals surface area (Å²) in [6, 6.07) is 4.57. The predicted molar refractivity (Wildman–Crippen MR) is 67.7 cm³/mol. The zero-order chi connectivity index (χ0) is 13.0. The minimum atomic E-state index is -0.574. The van der Waals surface area contributed by atoms with Gasteiger partial charge in [0.25, 0.3) is 0 Å². The van der Waals surface area contributed by atoms with Crippen LogP contribution in [-0.2, 0) is 6.54 Å². The second-order valence-electron chi connectivity index (χ2n) is 5.05. The fraction of sp³-hybridized carbons (Fsp3) is 0.571. The molecule has 4 heteroatoms. The second-order valence-corrected chi connectivity index (χ2v) is 5.05. The molecule has 0 saturated heterocycles. The number of phenols is 1. The number of rotatable bonds is 4. The van der Waals surface area contributed by atoms with E-state index in [-0.39, 0.29) is 11.9 Å². The molecule has 1 aromatic carbocycles. The normalized spacial score (nSPS) is 24.1. The minimum Gasteiger partial charge on any atom is -0.505 e. The number of hydrogen-bond acceptors (Lipinski definition) is 3. The van der Waals surface area contributed by atoms with Crippen molar-refractivity contribution < 1.29 is 14.6 Å². The zero-order valence-electron chi connectivity index (χ0n) is 10.4. The summed E-state index contributed by atoms with van der Waals surface area (Å²) in [7, 11) is 0. The highest BCUT2D eigenvalue weighted by atomic mass is 19.1. The first-order valence-corrected chi connectivity index (χ1v) is 6.52. The lowest BCUT2D eigenvalue weighted by molar-refractivity contribution is 0.108. The van der Waals surface area contributed by atoms with E-state index in [1.807, 2.05) is 0 Å². The summed E-state index contributed by atoms with van der Waals surface area (Å²) in [4.78, 5) is 0. The first-order valence-electron chi connectivity index (χ1n) is 6.52. The SMILES string of the molecule is Oc1c(F)cccc1CNCC1CCC(O)CC1. The molecule has 3 N–H and O–H groups in total. The van der Waals surface area contributed by atoms with Gasteiger partial charge in [0.2, 0.25) is 0 Å². The highest BCUT2D eigenvalue weighted by Gasteiger charge is 2.18. The molecule has 0 spiro atoms. The zero-order valence-corrected chi connectivity index (χ0v) is 10.4. The highest BCUT2D eigenvalue weighted by Crippen LogP contribution is 2.24. The van der Waals surface area contributed by atoms with Gasteiger partial charge in [-0.2, -0.15) is 0 Å². The van der Waals surface area contributed by atoms with Crippen LogP contribution in [0.25, 0.3) is 0 Å². The third-order valence-corrected chi connectivity index (χ3v) is 3.64. The van der Waals surface area contributed by atoms with Crippen molar-refractivity contribution >= 4 is 0 Å². The molecule has 1 fully saturated rings. The van der Waals surface area contributed by atoms with Crippen LogP contribution in [0.5, 0.6) is 5.75 Å². The Morgan fingerprint density at radius 2 is 1.94 bits per heavy atom. The molecule has 3 nitrogen and oxygen atoms in total. The van der Waals surface area contributed by atoms with Crippen molar-refractivity contribution in [3.63, 3.8) is 0 Å². The number of para-hydroxylation sites is 1. The molecule has 0 heterocycles. The quantitative estimate of drug-likeness (QED) is 0.771. The van der Waals surface area contributed by atoms with Crippen LogP contribution >= 0.6 is 0 Å².